The molecule has 0 aliphatic rings. The maximum atomic E-state index is 12.3. The van der Waals surface area contributed by atoms with Gasteiger partial charge >= 0.3 is 0 Å². The van der Waals surface area contributed by atoms with Crippen LogP contribution in [-0.2, 0) is 6.67 Å². The SMILES string of the molecule is Cc1ccc(CF)cc1C(=O)CN. The van der Waals surface area contributed by atoms with Gasteiger partial charge in [0.1, 0.15) is 6.67 Å². The lowest BCUT2D eigenvalue weighted by molar-refractivity contribution is 0.100. The molecule has 1 aromatic carbocycles. The Morgan fingerprint density at radius 2 is 2.23 bits per heavy atom. The van der Waals surface area contributed by atoms with Gasteiger partial charge in [-0.3, -0.25) is 4.79 Å². The Kier molecular flexibility index (Phi) is 3.14. The van der Waals surface area contributed by atoms with Crippen molar-refractivity contribution in [1.29, 1.82) is 0 Å². The molecule has 0 aromatic heterocycles. The van der Waals surface area contributed by atoms with Crippen LogP contribution < -0.4 is 5.73 Å². The minimum Gasteiger partial charge on any atom is -0.324 e. The summed E-state index contributed by atoms with van der Waals surface area (Å²) in [5.41, 5.74) is 7.10. The Hall–Kier alpha value is -1.22. The quantitative estimate of drug-likeness (QED) is 0.720. The van der Waals surface area contributed by atoms with Gasteiger partial charge in [-0.1, -0.05) is 12.1 Å². The summed E-state index contributed by atoms with van der Waals surface area (Å²) in [6.45, 7) is 1.23. The van der Waals surface area contributed by atoms with E-state index in [9.17, 15) is 9.18 Å². The fourth-order valence-electron chi connectivity index (χ4n) is 1.16. The first-order valence-electron chi connectivity index (χ1n) is 4.07. The lowest BCUT2D eigenvalue weighted by Crippen LogP contribution is -2.14. The molecule has 70 valence electrons. The van der Waals surface area contributed by atoms with E-state index in [0.29, 0.717) is 11.1 Å². The van der Waals surface area contributed by atoms with E-state index in [1.807, 2.05) is 6.92 Å². The predicted octanol–water partition coefficient (Wildman–Crippen LogP) is 1.61. The molecule has 0 fully saturated rings. The van der Waals surface area contributed by atoms with Gasteiger partial charge in [-0.2, -0.15) is 0 Å². The molecule has 0 saturated carbocycles. The molecule has 0 aliphatic heterocycles. The van der Waals surface area contributed by atoms with Gasteiger partial charge in [0.2, 0.25) is 0 Å². The number of nitrogens with two attached hydrogens (primary N) is 1. The fourth-order valence-corrected chi connectivity index (χ4v) is 1.16. The van der Waals surface area contributed by atoms with Crippen molar-refractivity contribution < 1.29 is 9.18 Å². The smallest absolute Gasteiger partial charge is 0.176 e. The average molecular weight is 181 g/mol. The van der Waals surface area contributed by atoms with Crippen LogP contribution in [-0.4, -0.2) is 12.3 Å². The van der Waals surface area contributed by atoms with Crippen LogP contribution in [0, 0.1) is 6.92 Å². The van der Waals surface area contributed by atoms with Gasteiger partial charge in [-0.05, 0) is 24.1 Å². The largest absolute Gasteiger partial charge is 0.324 e. The van der Waals surface area contributed by atoms with Gasteiger partial charge in [-0.15, -0.1) is 0 Å². The molecule has 0 spiro atoms. The molecule has 0 heterocycles. The number of hydrogen-bond donors (Lipinski definition) is 1. The molecule has 0 amide bonds. The number of carbonyl (C=O) groups is 1. The number of halogens is 1. The second-order valence-electron chi connectivity index (χ2n) is 2.91. The molecule has 0 atom stereocenters. The maximum absolute atomic E-state index is 12.3. The monoisotopic (exact) mass is 181 g/mol. The summed E-state index contributed by atoms with van der Waals surface area (Å²) >= 11 is 0. The second-order valence-corrected chi connectivity index (χ2v) is 2.91. The van der Waals surface area contributed by atoms with E-state index in [0.717, 1.165) is 5.56 Å². The molecule has 0 unspecified atom stereocenters. The van der Waals surface area contributed by atoms with E-state index in [4.69, 9.17) is 5.73 Å². The molecule has 13 heavy (non-hydrogen) atoms. The molecular weight excluding hydrogens is 169 g/mol. The Balaban J connectivity index is 3.11. The molecule has 1 rings (SSSR count). The van der Waals surface area contributed by atoms with Crippen LogP contribution >= 0.6 is 0 Å². The highest BCUT2D eigenvalue weighted by atomic mass is 19.1. The Morgan fingerprint density at radius 1 is 1.54 bits per heavy atom. The third-order valence-corrected chi connectivity index (χ3v) is 1.94. The van der Waals surface area contributed by atoms with Gasteiger partial charge in [0.05, 0.1) is 6.54 Å². The van der Waals surface area contributed by atoms with E-state index < -0.39 is 6.67 Å². The molecular formula is C10H12FNO. The van der Waals surface area contributed by atoms with Crippen LogP contribution in [0.2, 0.25) is 0 Å². The lowest BCUT2D eigenvalue weighted by atomic mass is 10.0. The van der Waals surface area contributed by atoms with E-state index >= 15 is 0 Å². The first kappa shape index (κ1) is 9.86. The number of ketones is 1. The summed E-state index contributed by atoms with van der Waals surface area (Å²) in [7, 11) is 0. The zero-order valence-electron chi connectivity index (χ0n) is 7.51. The molecule has 3 heteroatoms. The van der Waals surface area contributed by atoms with Crippen LogP contribution in [0.3, 0.4) is 0 Å². The minimum absolute atomic E-state index is 0.0312. The maximum Gasteiger partial charge on any atom is 0.176 e. The third kappa shape index (κ3) is 2.12. The van der Waals surface area contributed by atoms with Gasteiger partial charge in [0.25, 0.3) is 0 Å². The van der Waals surface area contributed by atoms with Gasteiger partial charge in [0, 0.05) is 5.56 Å². The van der Waals surface area contributed by atoms with Gasteiger partial charge < -0.3 is 5.73 Å². The number of benzene rings is 1. The van der Waals surface area contributed by atoms with Crippen LogP contribution in [0.25, 0.3) is 0 Å². The van der Waals surface area contributed by atoms with Crippen molar-refractivity contribution in [2.45, 2.75) is 13.6 Å². The lowest BCUT2D eigenvalue weighted by Gasteiger charge is -2.04. The Labute approximate surface area is 76.6 Å². The molecule has 1 aromatic rings. The van der Waals surface area contributed by atoms with Crippen LogP contribution in [0.5, 0.6) is 0 Å². The molecule has 0 saturated heterocycles. The number of alkyl halides is 1. The summed E-state index contributed by atoms with van der Waals surface area (Å²) < 4.78 is 12.3. The number of rotatable bonds is 3. The zero-order valence-corrected chi connectivity index (χ0v) is 7.51. The van der Waals surface area contributed by atoms with E-state index in [1.54, 1.807) is 18.2 Å². The molecule has 0 bridgehead atoms. The average Bonchev–Trinajstić information content (AvgIpc) is 2.17. The van der Waals surface area contributed by atoms with Crippen LogP contribution in [0.4, 0.5) is 4.39 Å². The second kappa shape index (κ2) is 4.14. The normalized spacial score (nSPS) is 10.1. The topological polar surface area (TPSA) is 43.1 Å². The van der Waals surface area contributed by atoms with E-state index in [1.165, 1.54) is 0 Å². The van der Waals surface area contributed by atoms with Crippen molar-refractivity contribution in [1.82, 2.24) is 0 Å². The summed E-state index contributed by atoms with van der Waals surface area (Å²) in [6.07, 6.45) is 0. The molecule has 2 nitrogen and oxygen atoms in total. The Bertz CT molecular complexity index is 323. The van der Waals surface area contributed by atoms with Gasteiger partial charge in [0.15, 0.2) is 5.78 Å². The van der Waals surface area contributed by atoms with Crippen molar-refractivity contribution >= 4 is 5.78 Å². The highest BCUT2D eigenvalue weighted by Gasteiger charge is 2.07. The summed E-state index contributed by atoms with van der Waals surface area (Å²) in [4.78, 5) is 11.3. The first-order valence-corrected chi connectivity index (χ1v) is 4.07. The number of Topliss-reactive ketones (excluding diaryl/α,β-unsaturated/α-hetero) is 1. The first-order chi connectivity index (χ1) is 6.19. The summed E-state index contributed by atoms with van der Waals surface area (Å²) in [6, 6.07) is 4.96. The van der Waals surface area contributed by atoms with Crippen molar-refractivity contribution in [2.75, 3.05) is 6.54 Å². The van der Waals surface area contributed by atoms with E-state index in [-0.39, 0.29) is 12.3 Å². The van der Waals surface area contributed by atoms with Crippen molar-refractivity contribution in [2.24, 2.45) is 5.73 Å². The summed E-state index contributed by atoms with van der Waals surface area (Å²) in [5.74, 6) is -0.146. The molecule has 0 radical (unpaired) electrons. The van der Waals surface area contributed by atoms with Crippen molar-refractivity contribution in [3.05, 3.63) is 34.9 Å². The fraction of sp³-hybridized carbons (Fsp3) is 0.300. The standard InChI is InChI=1S/C10H12FNO/c1-7-2-3-8(5-11)4-9(7)10(13)6-12/h2-4H,5-6,12H2,1H3. The van der Waals surface area contributed by atoms with Crippen molar-refractivity contribution in [3.63, 3.8) is 0 Å². The van der Waals surface area contributed by atoms with Gasteiger partial charge in [-0.25, -0.2) is 4.39 Å². The van der Waals surface area contributed by atoms with Crippen molar-refractivity contribution in [3.8, 4) is 0 Å². The number of aryl methyl sites for hydroxylation is 1. The van der Waals surface area contributed by atoms with Crippen LogP contribution in [0.15, 0.2) is 18.2 Å². The zero-order chi connectivity index (χ0) is 9.84. The highest BCUT2D eigenvalue weighted by molar-refractivity contribution is 5.98. The predicted molar refractivity (Wildman–Crippen MR) is 49.4 cm³/mol. The Morgan fingerprint density at radius 3 is 2.77 bits per heavy atom. The van der Waals surface area contributed by atoms with Crippen LogP contribution in [0.1, 0.15) is 21.5 Å². The number of hydrogen-bond acceptors (Lipinski definition) is 2. The number of carbonyl (C=O) groups excluding carboxylic acids is 1. The van der Waals surface area contributed by atoms with E-state index in [2.05, 4.69) is 0 Å². The highest BCUT2D eigenvalue weighted by Crippen LogP contribution is 2.12. The molecule has 0 aliphatic carbocycles. The molecule has 2 N–H and O–H groups in total. The third-order valence-electron chi connectivity index (χ3n) is 1.94. The summed E-state index contributed by atoms with van der Waals surface area (Å²) in [5, 5.41) is 0. The minimum atomic E-state index is -0.550.